The molecule has 3 aromatic rings. The van der Waals surface area contributed by atoms with Crippen molar-refractivity contribution in [1.82, 2.24) is 15.5 Å². The Labute approximate surface area is 158 Å². The van der Waals surface area contributed by atoms with Gasteiger partial charge in [-0.15, -0.1) is 21.5 Å². The number of rotatable bonds is 8. The van der Waals surface area contributed by atoms with Gasteiger partial charge in [-0.25, -0.2) is 0 Å². The van der Waals surface area contributed by atoms with Crippen LogP contribution < -0.4 is 10.6 Å². The molecule has 2 N–H and O–H groups in total. The first-order valence-electron chi connectivity index (χ1n) is 7.79. The Morgan fingerprint density at radius 3 is 2.76 bits per heavy atom. The molecule has 0 spiro atoms. The van der Waals surface area contributed by atoms with Gasteiger partial charge >= 0.3 is 0 Å². The third-order valence-electron chi connectivity index (χ3n) is 3.36. The molecule has 0 radical (unpaired) electrons. The van der Waals surface area contributed by atoms with Crippen LogP contribution in [-0.4, -0.2) is 21.4 Å². The zero-order valence-corrected chi connectivity index (χ0v) is 16.1. The first kappa shape index (κ1) is 17.9. The van der Waals surface area contributed by atoms with Crippen LogP contribution in [0.4, 0.5) is 5.13 Å². The highest BCUT2D eigenvalue weighted by atomic mass is 32.2. The molecule has 5 nitrogen and oxygen atoms in total. The van der Waals surface area contributed by atoms with Crippen molar-refractivity contribution in [3.8, 4) is 0 Å². The van der Waals surface area contributed by atoms with Crippen molar-refractivity contribution in [1.29, 1.82) is 0 Å². The molecule has 1 atom stereocenters. The van der Waals surface area contributed by atoms with E-state index in [9.17, 15) is 4.79 Å². The molecule has 0 saturated heterocycles. The Bertz CT molecular complexity index is 789. The molecular formula is C17H18N4OS3. The first-order valence-corrected chi connectivity index (χ1v) is 10.4. The van der Waals surface area contributed by atoms with E-state index in [0.29, 0.717) is 13.1 Å². The molecular weight excluding hydrogens is 372 g/mol. The van der Waals surface area contributed by atoms with Gasteiger partial charge in [0.05, 0.1) is 11.8 Å². The summed E-state index contributed by atoms with van der Waals surface area (Å²) >= 11 is 4.53. The first-order chi connectivity index (χ1) is 12.2. The Hall–Kier alpha value is -1.90. The zero-order chi connectivity index (χ0) is 17.5. The molecule has 0 bridgehead atoms. The largest absolute Gasteiger partial charge is 0.356 e. The summed E-state index contributed by atoms with van der Waals surface area (Å²) in [5, 5.41) is 17.1. The molecule has 1 aromatic carbocycles. The summed E-state index contributed by atoms with van der Waals surface area (Å²) in [6, 6.07) is 14.1. The number of aromatic nitrogens is 2. The molecule has 0 aliphatic carbocycles. The van der Waals surface area contributed by atoms with Crippen molar-refractivity contribution >= 4 is 45.5 Å². The van der Waals surface area contributed by atoms with Crippen LogP contribution in [0.2, 0.25) is 0 Å². The summed E-state index contributed by atoms with van der Waals surface area (Å²) in [5.74, 6) is 0.00685. The van der Waals surface area contributed by atoms with Crippen LogP contribution in [0, 0.1) is 0 Å². The summed E-state index contributed by atoms with van der Waals surface area (Å²) in [6.45, 7) is 3.16. The topological polar surface area (TPSA) is 66.9 Å². The molecule has 0 saturated carbocycles. The monoisotopic (exact) mass is 390 g/mol. The van der Waals surface area contributed by atoms with Crippen LogP contribution in [-0.2, 0) is 17.9 Å². The number of hydrogen-bond donors (Lipinski definition) is 2. The number of hydrogen-bond acceptors (Lipinski definition) is 7. The van der Waals surface area contributed by atoms with Gasteiger partial charge in [0.25, 0.3) is 0 Å². The van der Waals surface area contributed by atoms with Crippen LogP contribution >= 0.6 is 34.4 Å². The number of nitrogens with zero attached hydrogens (tertiary/aromatic N) is 2. The SMILES string of the molecule is CC(Sc1nnc(NCc2ccccc2)s1)C(=O)NCc1cccs1. The molecule has 8 heteroatoms. The second-order valence-corrected chi connectivity index (χ2v) is 8.87. The maximum Gasteiger partial charge on any atom is 0.233 e. The van der Waals surface area contributed by atoms with Gasteiger partial charge in [-0.3, -0.25) is 4.79 Å². The summed E-state index contributed by atoms with van der Waals surface area (Å²) < 4.78 is 0.786. The molecule has 2 aromatic heterocycles. The van der Waals surface area contributed by atoms with Crippen molar-refractivity contribution in [2.24, 2.45) is 0 Å². The fourth-order valence-corrected chi connectivity index (χ4v) is 4.60. The maximum atomic E-state index is 12.2. The van der Waals surface area contributed by atoms with E-state index in [1.165, 1.54) is 28.7 Å². The Morgan fingerprint density at radius 1 is 1.16 bits per heavy atom. The lowest BCUT2D eigenvalue weighted by Gasteiger charge is -2.09. The molecule has 0 aliphatic heterocycles. The Morgan fingerprint density at radius 2 is 2.00 bits per heavy atom. The van der Waals surface area contributed by atoms with Gasteiger partial charge in [0, 0.05) is 11.4 Å². The number of carbonyl (C=O) groups excluding carboxylic acids is 1. The lowest BCUT2D eigenvalue weighted by Crippen LogP contribution is -2.30. The highest BCUT2D eigenvalue weighted by Gasteiger charge is 2.17. The number of amides is 1. The highest BCUT2D eigenvalue weighted by molar-refractivity contribution is 8.02. The normalized spacial score (nSPS) is 11.9. The summed E-state index contributed by atoms with van der Waals surface area (Å²) in [6.07, 6.45) is 0. The lowest BCUT2D eigenvalue weighted by molar-refractivity contribution is -0.120. The van der Waals surface area contributed by atoms with E-state index in [1.807, 2.05) is 42.6 Å². The third kappa shape index (κ3) is 5.55. The van der Waals surface area contributed by atoms with Crippen LogP contribution in [0.1, 0.15) is 17.4 Å². The van der Waals surface area contributed by atoms with Gasteiger partial charge in [0.2, 0.25) is 11.0 Å². The average molecular weight is 391 g/mol. The van der Waals surface area contributed by atoms with E-state index < -0.39 is 0 Å². The molecule has 0 fully saturated rings. The minimum atomic E-state index is -0.213. The predicted molar refractivity (Wildman–Crippen MR) is 105 cm³/mol. The van der Waals surface area contributed by atoms with E-state index in [2.05, 4.69) is 33.0 Å². The highest BCUT2D eigenvalue weighted by Crippen LogP contribution is 2.29. The summed E-state index contributed by atoms with van der Waals surface area (Å²) in [5.41, 5.74) is 1.19. The number of anilines is 1. The second kappa shape index (κ2) is 8.98. The minimum absolute atomic E-state index is 0.00685. The molecule has 130 valence electrons. The van der Waals surface area contributed by atoms with E-state index in [0.717, 1.165) is 14.3 Å². The zero-order valence-electron chi connectivity index (χ0n) is 13.6. The van der Waals surface area contributed by atoms with Crippen molar-refractivity contribution < 1.29 is 4.79 Å². The van der Waals surface area contributed by atoms with E-state index in [4.69, 9.17) is 0 Å². The van der Waals surface area contributed by atoms with Crippen molar-refractivity contribution in [3.63, 3.8) is 0 Å². The van der Waals surface area contributed by atoms with E-state index in [-0.39, 0.29) is 11.2 Å². The molecule has 1 unspecified atom stereocenters. The predicted octanol–water partition coefficient (Wildman–Crippen LogP) is 4.01. The van der Waals surface area contributed by atoms with Gasteiger partial charge < -0.3 is 10.6 Å². The van der Waals surface area contributed by atoms with E-state index in [1.54, 1.807) is 11.3 Å². The smallest absolute Gasteiger partial charge is 0.233 e. The Kier molecular flexibility index (Phi) is 6.43. The molecule has 1 amide bonds. The van der Waals surface area contributed by atoms with Crippen molar-refractivity contribution in [3.05, 3.63) is 58.3 Å². The quantitative estimate of drug-likeness (QED) is 0.569. The van der Waals surface area contributed by atoms with Gasteiger partial charge in [-0.05, 0) is 23.9 Å². The van der Waals surface area contributed by atoms with Crippen LogP contribution in [0.25, 0.3) is 0 Å². The molecule has 25 heavy (non-hydrogen) atoms. The van der Waals surface area contributed by atoms with E-state index >= 15 is 0 Å². The number of thiophene rings is 1. The van der Waals surface area contributed by atoms with Crippen molar-refractivity contribution in [2.75, 3.05) is 5.32 Å². The summed E-state index contributed by atoms with van der Waals surface area (Å²) in [7, 11) is 0. The fourth-order valence-electron chi connectivity index (χ4n) is 2.04. The van der Waals surface area contributed by atoms with Crippen LogP contribution in [0.15, 0.2) is 52.2 Å². The van der Waals surface area contributed by atoms with Crippen LogP contribution in [0.5, 0.6) is 0 Å². The van der Waals surface area contributed by atoms with Gasteiger partial charge in [0.15, 0.2) is 4.34 Å². The minimum Gasteiger partial charge on any atom is -0.356 e. The second-order valence-electron chi connectivity index (χ2n) is 5.27. The number of benzene rings is 1. The number of carbonyl (C=O) groups is 1. The maximum absolute atomic E-state index is 12.2. The van der Waals surface area contributed by atoms with Gasteiger partial charge in [-0.1, -0.05) is 59.5 Å². The molecule has 0 aliphatic rings. The van der Waals surface area contributed by atoms with Gasteiger partial charge in [0.1, 0.15) is 0 Å². The summed E-state index contributed by atoms with van der Waals surface area (Å²) in [4.78, 5) is 13.3. The number of nitrogens with one attached hydrogen (secondary N) is 2. The third-order valence-corrected chi connectivity index (χ3v) is 6.30. The lowest BCUT2D eigenvalue weighted by atomic mass is 10.2. The standard InChI is InChI=1S/C17H18N4OS3/c1-12(15(22)18-11-14-8-5-9-23-14)24-17-21-20-16(25-17)19-10-13-6-3-2-4-7-13/h2-9,12H,10-11H2,1H3,(H,18,22)(H,19,20). The molecule has 2 heterocycles. The number of thioether (sulfide) groups is 1. The average Bonchev–Trinajstić information content (AvgIpc) is 3.30. The van der Waals surface area contributed by atoms with Gasteiger partial charge in [-0.2, -0.15) is 0 Å². The van der Waals surface area contributed by atoms with Crippen LogP contribution in [0.3, 0.4) is 0 Å². The molecule has 3 rings (SSSR count). The Balaban J connectivity index is 1.46. The van der Waals surface area contributed by atoms with Crippen molar-refractivity contribution in [2.45, 2.75) is 29.6 Å². The fraction of sp³-hybridized carbons (Fsp3) is 0.235.